The number of ether oxygens (including phenoxy) is 1. The maximum Gasteiger partial charge on any atom is 0.170 e. The van der Waals surface area contributed by atoms with Crippen molar-refractivity contribution in [2.75, 3.05) is 20.3 Å². The Bertz CT molecular complexity index is 879. The summed E-state index contributed by atoms with van der Waals surface area (Å²) < 4.78 is 13.1. The lowest BCUT2D eigenvalue weighted by atomic mass is 10.0. The first kappa shape index (κ1) is 17.8. The van der Waals surface area contributed by atoms with Crippen LogP contribution in [0.3, 0.4) is 0 Å². The van der Waals surface area contributed by atoms with Crippen LogP contribution < -0.4 is 5.32 Å². The molecule has 1 fully saturated rings. The average molecular weight is 382 g/mol. The molecule has 1 saturated heterocycles. The van der Waals surface area contributed by atoms with Gasteiger partial charge in [-0.1, -0.05) is 6.07 Å². The van der Waals surface area contributed by atoms with Crippen LogP contribution in [-0.2, 0) is 11.3 Å². The highest BCUT2D eigenvalue weighted by molar-refractivity contribution is 7.80. The minimum atomic E-state index is -0.0270. The third kappa shape index (κ3) is 3.61. The molecule has 0 unspecified atom stereocenters. The second-order valence-corrected chi connectivity index (χ2v) is 6.84. The lowest BCUT2D eigenvalue weighted by molar-refractivity contribution is 0.162. The molecule has 6 nitrogen and oxygen atoms in total. The number of aromatic nitrogens is 2. The van der Waals surface area contributed by atoms with Gasteiger partial charge in [-0.3, -0.25) is 4.98 Å². The Morgan fingerprint density at radius 1 is 1.22 bits per heavy atom. The predicted octanol–water partition coefficient (Wildman–Crippen LogP) is 3.14. The Hall–Kier alpha value is -2.64. The van der Waals surface area contributed by atoms with Gasteiger partial charge in [-0.2, -0.15) is 0 Å². The van der Waals surface area contributed by atoms with Crippen molar-refractivity contribution in [3.05, 3.63) is 78.3 Å². The van der Waals surface area contributed by atoms with Crippen LogP contribution in [0, 0.1) is 0 Å². The van der Waals surface area contributed by atoms with Gasteiger partial charge < -0.3 is 23.9 Å². The van der Waals surface area contributed by atoms with E-state index in [0.29, 0.717) is 19.7 Å². The molecule has 7 heteroatoms. The minimum Gasteiger partial charge on any atom is -0.467 e. The van der Waals surface area contributed by atoms with Crippen LogP contribution in [0.15, 0.2) is 65.5 Å². The third-order valence-electron chi connectivity index (χ3n) is 4.81. The molecule has 4 heterocycles. The molecule has 140 valence electrons. The highest BCUT2D eigenvalue weighted by Crippen LogP contribution is 2.38. The normalized spacial score (nSPS) is 19.4. The minimum absolute atomic E-state index is 0.0208. The molecular weight excluding hydrogens is 360 g/mol. The van der Waals surface area contributed by atoms with Gasteiger partial charge in [0.05, 0.1) is 37.2 Å². The van der Waals surface area contributed by atoms with E-state index in [-0.39, 0.29) is 12.1 Å². The molecule has 27 heavy (non-hydrogen) atoms. The Balaban J connectivity index is 1.71. The number of hydrogen-bond acceptors (Lipinski definition) is 4. The molecule has 0 radical (unpaired) electrons. The summed E-state index contributed by atoms with van der Waals surface area (Å²) in [6.45, 7) is 1.99. The lowest BCUT2D eigenvalue weighted by Crippen LogP contribution is -2.33. The van der Waals surface area contributed by atoms with Crippen LogP contribution in [0.1, 0.15) is 29.2 Å². The number of thiocarbonyl (C=S) groups is 1. The quantitative estimate of drug-likeness (QED) is 0.634. The van der Waals surface area contributed by atoms with E-state index in [9.17, 15) is 0 Å². The van der Waals surface area contributed by atoms with Crippen molar-refractivity contribution in [2.45, 2.75) is 18.6 Å². The Morgan fingerprint density at radius 2 is 2.15 bits per heavy atom. The van der Waals surface area contributed by atoms with Gasteiger partial charge in [0.25, 0.3) is 0 Å². The van der Waals surface area contributed by atoms with E-state index in [1.54, 1.807) is 13.4 Å². The molecule has 0 bridgehead atoms. The fourth-order valence-corrected chi connectivity index (χ4v) is 3.90. The standard InChI is InChI=1S/C20H22N4O2S/c1-25-13-11-24-19(18(22-20(24)27)16-7-2-3-9-21-16)17-8-4-10-23(17)14-15-6-5-12-26-15/h2-10,12,18-19H,11,13-14H2,1H3,(H,22,27)/t18-,19+/m0/s1. The van der Waals surface area contributed by atoms with E-state index in [0.717, 1.165) is 22.3 Å². The maximum atomic E-state index is 5.64. The van der Waals surface area contributed by atoms with Crippen molar-refractivity contribution in [1.29, 1.82) is 0 Å². The summed E-state index contributed by atoms with van der Waals surface area (Å²) in [5.41, 5.74) is 2.13. The fraction of sp³-hybridized carbons (Fsp3) is 0.300. The van der Waals surface area contributed by atoms with Gasteiger partial charge in [-0.05, 0) is 48.6 Å². The summed E-state index contributed by atoms with van der Waals surface area (Å²) in [4.78, 5) is 6.75. The van der Waals surface area contributed by atoms with E-state index in [4.69, 9.17) is 21.4 Å². The van der Waals surface area contributed by atoms with Gasteiger partial charge in [0, 0.05) is 31.7 Å². The second-order valence-electron chi connectivity index (χ2n) is 6.45. The Labute approximate surface area is 163 Å². The molecule has 2 atom stereocenters. The highest BCUT2D eigenvalue weighted by Gasteiger charge is 2.40. The van der Waals surface area contributed by atoms with E-state index >= 15 is 0 Å². The van der Waals surface area contributed by atoms with Gasteiger partial charge in [0.15, 0.2) is 5.11 Å². The average Bonchev–Trinajstić information content (AvgIpc) is 3.42. The Kier molecular flexibility index (Phi) is 5.22. The molecule has 4 rings (SSSR count). The van der Waals surface area contributed by atoms with Crippen LogP contribution >= 0.6 is 12.2 Å². The monoisotopic (exact) mass is 382 g/mol. The number of methoxy groups -OCH3 is 1. The molecule has 1 aliphatic rings. The zero-order valence-corrected chi connectivity index (χ0v) is 15.9. The topological polar surface area (TPSA) is 55.5 Å². The first-order valence-corrected chi connectivity index (χ1v) is 9.33. The molecule has 0 amide bonds. The first-order valence-electron chi connectivity index (χ1n) is 8.92. The SMILES string of the molecule is COCCN1C(=S)N[C@@H](c2ccccn2)[C@H]1c1cccn1Cc1ccco1. The molecule has 1 aliphatic heterocycles. The number of pyridine rings is 1. The fourth-order valence-electron chi connectivity index (χ4n) is 3.57. The molecule has 0 spiro atoms. The van der Waals surface area contributed by atoms with Gasteiger partial charge >= 0.3 is 0 Å². The van der Waals surface area contributed by atoms with Crippen LogP contribution in [0.5, 0.6) is 0 Å². The summed E-state index contributed by atoms with van der Waals surface area (Å²) in [6.07, 6.45) is 5.59. The van der Waals surface area contributed by atoms with Gasteiger partial charge in [-0.25, -0.2) is 0 Å². The zero-order valence-electron chi connectivity index (χ0n) is 15.1. The molecule has 1 N–H and O–H groups in total. The van der Waals surface area contributed by atoms with Crippen molar-refractivity contribution >= 4 is 17.3 Å². The smallest absolute Gasteiger partial charge is 0.170 e. The number of hydrogen-bond donors (Lipinski definition) is 1. The summed E-state index contributed by atoms with van der Waals surface area (Å²) >= 11 is 5.64. The first-order chi connectivity index (χ1) is 13.3. The Morgan fingerprint density at radius 3 is 2.89 bits per heavy atom. The van der Waals surface area contributed by atoms with Crippen molar-refractivity contribution in [3.8, 4) is 0 Å². The van der Waals surface area contributed by atoms with E-state index in [1.807, 2.05) is 36.5 Å². The van der Waals surface area contributed by atoms with Crippen LogP contribution in [0.25, 0.3) is 0 Å². The number of nitrogens with one attached hydrogen (secondary N) is 1. The van der Waals surface area contributed by atoms with Crippen molar-refractivity contribution in [3.63, 3.8) is 0 Å². The molecule has 0 saturated carbocycles. The van der Waals surface area contributed by atoms with Crippen LogP contribution in [0.4, 0.5) is 0 Å². The molecule has 0 aliphatic carbocycles. The number of furan rings is 1. The lowest BCUT2D eigenvalue weighted by Gasteiger charge is -2.28. The van der Waals surface area contributed by atoms with Gasteiger partial charge in [0.1, 0.15) is 5.76 Å². The summed E-state index contributed by atoms with van der Waals surface area (Å²) in [5.74, 6) is 0.916. The maximum absolute atomic E-state index is 5.64. The van der Waals surface area contributed by atoms with E-state index < -0.39 is 0 Å². The van der Waals surface area contributed by atoms with E-state index in [2.05, 4.69) is 38.1 Å². The van der Waals surface area contributed by atoms with Crippen molar-refractivity contribution in [1.82, 2.24) is 19.8 Å². The second kappa shape index (κ2) is 7.94. The van der Waals surface area contributed by atoms with Crippen molar-refractivity contribution < 1.29 is 9.15 Å². The summed E-state index contributed by atoms with van der Waals surface area (Å²) in [7, 11) is 1.71. The van der Waals surface area contributed by atoms with E-state index in [1.165, 1.54) is 0 Å². The third-order valence-corrected chi connectivity index (χ3v) is 5.16. The van der Waals surface area contributed by atoms with Crippen LogP contribution in [0.2, 0.25) is 0 Å². The van der Waals surface area contributed by atoms with Crippen molar-refractivity contribution in [2.24, 2.45) is 0 Å². The molecular formula is C20H22N4O2S. The largest absolute Gasteiger partial charge is 0.467 e. The molecule has 3 aromatic rings. The molecule has 0 aromatic carbocycles. The van der Waals surface area contributed by atoms with Crippen LogP contribution in [-0.4, -0.2) is 39.8 Å². The summed E-state index contributed by atoms with van der Waals surface area (Å²) in [6, 6.07) is 14.0. The highest BCUT2D eigenvalue weighted by atomic mass is 32.1. The number of rotatable bonds is 7. The number of nitrogens with zero attached hydrogens (tertiary/aromatic N) is 3. The summed E-state index contributed by atoms with van der Waals surface area (Å²) in [5, 5.41) is 4.18. The molecule has 3 aromatic heterocycles. The predicted molar refractivity (Wildman–Crippen MR) is 106 cm³/mol. The van der Waals surface area contributed by atoms with Gasteiger partial charge in [-0.15, -0.1) is 0 Å². The zero-order chi connectivity index (χ0) is 18.6. The van der Waals surface area contributed by atoms with Gasteiger partial charge in [0.2, 0.25) is 0 Å².